The van der Waals surface area contributed by atoms with Crippen molar-refractivity contribution in [2.75, 3.05) is 5.32 Å². The van der Waals surface area contributed by atoms with Crippen molar-refractivity contribution in [3.05, 3.63) is 29.3 Å². The second-order valence-electron chi connectivity index (χ2n) is 6.45. The third-order valence-electron chi connectivity index (χ3n) is 4.71. The van der Waals surface area contributed by atoms with E-state index in [-0.39, 0.29) is 30.1 Å². The topological polar surface area (TPSA) is 61.4 Å². The zero-order chi connectivity index (χ0) is 16.4. The summed E-state index contributed by atoms with van der Waals surface area (Å²) in [7, 11) is 0. The molecule has 6 heteroatoms. The Bertz CT molecular complexity index is 576. The first-order chi connectivity index (χ1) is 11.0. The van der Waals surface area contributed by atoms with E-state index in [2.05, 4.69) is 10.6 Å². The minimum absolute atomic E-state index is 0.00661. The van der Waals surface area contributed by atoms with E-state index in [1.54, 1.807) is 31.2 Å². The number of urea groups is 1. The molecule has 1 aromatic rings. The molecule has 0 saturated carbocycles. The van der Waals surface area contributed by atoms with E-state index in [0.29, 0.717) is 5.02 Å². The maximum absolute atomic E-state index is 12.7. The smallest absolute Gasteiger partial charge is 0.322 e. The molecule has 2 saturated heterocycles. The van der Waals surface area contributed by atoms with Crippen LogP contribution in [-0.4, -0.2) is 35.0 Å². The van der Waals surface area contributed by atoms with Crippen LogP contribution < -0.4 is 10.6 Å². The van der Waals surface area contributed by atoms with Gasteiger partial charge in [-0.3, -0.25) is 4.79 Å². The second-order valence-corrected chi connectivity index (χ2v) is 6.89. The fraction of sp³-hybridized carbons (Fsp3) is 0.529. The van der Waals surface area contributed by atoms with Gasteiger partial charge >= 0.3 is 6.03 Å². The maximum Gasteiger partial charge on any atom is 0.322 e. The summed E-state index contributed by atoms with van der Waals surface area (Å²) in [4.78, 5) is 26.0. The Labute approximate surface area is 141 Å². The number of hydrogen-bond donors (Lipinski definition) is 2. The van der Waals surface area contributed by atoms with Crippen LogP contribution in [-0.2, 0) is 4.79 Å². The van der Waals surface area contributed by atoms with Crippen molar-refractivity contribution in [3.63, 3.8) is 0 Å². The molecule has 0 aromatic heterocycles. The summed E-state index contributed by atoms with van der Waals surface area (Å²) in [5, 5.41) is 6.63. The molecule has 2 aliphatic heterocycles. The second kappa shape index (κ2) is 6.79. The van der Waals surface area contributed by atoms with Gasteiger partial charge in [0.15, 0.2) is 0 Å². The zero-order valence-electron chi connectivity index (χ0n) is 13.2. The minimum Gasteiger partial charge on any atom is -0.353 e. The van der Waals surface area contributed by atoms with Crippen LogP contribution in [0.15, 0.2) is 24.3 Å². The molecule has 0 radical (unpaired) electrons. The molecule has 2 atom stereocenters. The lowest BCUT2D eigenvalue weighted by Gasteiger charge is -2.48. The Morgan fingerprint density at radius 1 is 1.13 bits per heavy atom. The quantitative estimate of drug-likeness (QED) is 0.870. The van der Waals surface area contributed by atoms with Crippen molar-refractivity contribution in [1.29, 1.82) is 0 Å². The first-order valence-corrected chi connectivity index (χ1v) is 8.52. The van der Waals surface area contributed by atoms with Gasteiger partial charge in [-0.2, -0.15) is 0 Å². The Kier molecular flexibility index (Phi) is 4.76. The number of amides is 3. The SMILES string of the molecule is CC(=O)NC1C[C@H]2CCC[C@H](C1)N2C(=O)Nc1ccc(Cl)cc1. The van der Waals surface area contributed by atoms with Gasteiger partial charge in [-0.1, -0.05) is 11.6 Å². The van der Waals surface area contributed by atoms with Crippen LogP contribution in [0.25, 0.3) is 0 Å². The van der Waals surface area contributed by atoms with E-state index in [1.165, 1.54) is 0 Å². The lowest BCUT2D eigenvalue weighted by molar-refractivity contribution is -0.120. The van der Waals surface area contributed by atoms with Crippen LogP contribution in [0.4, 0.5) is 10.5 Å². The standard InChI is InChI=1S/C17H22ClN3O2/c1-11(22)19-14-9-15-3-2-4-16(10-14)21(15)17(23)20-13-7-5-12(18)6-8-13/h5-8,14-16H,2-4,9-10H2,1H3,(H,19,22)(H,20,23)/t15-,16-/m1/s1. The van der Waals surface area contributed by atoms with E-state index in [1.807, 2.05) is 4.90 Å². The molecule has 124 valence electrons. The monoisotopic (exact) mass is 335 g/mol. The van der Waals surface area contributed by atoms with Crippen LogP contribution in [0.1, 0.15) is 39.0 Å². The normalized spacial score (nSPS) is 26.5. The van der Waals surface area contributed by atoms with E-state index in [4.69, 9.17) is 11.6 Å². The van der Waals surface area contributed by atoms with Crippen LogP contribution in [0.5, 0.6) is 0 Å². The van der Waals surface area contributed by atoms with Crippen LogP contribution in [0, 0.1) is 0 Å². The van der Waals surface area contributed by atoms with Gasteiger partial charge in [0, 0.05) is 35.8 Å². The first kappa shape index (κ1) is 16.1. The van der Waals surface area contributed by atoms with Gasteiger partial charge in [0.25, 0.3) is 0 Å². The number of nitrogens with one attached hydrogen (secondary N) is 2. The summed E-state index contributed by atoms with van der Waals surface area (Å²) in [6, 6.07) is 7.67. The van der Waals surface area contributed by atoms with Gasteiger partial charge in [-0.15, -0.1) is 0 Å². The molecule has 2 N–H and O–H groups in total. The number of carbonyl (C=O) groups excluding carboxylic acids is 2. The highest BCUT2D eigenvalue weighted by atomic mass is 35.5. The highest BCUT2D eigenvalue weighted by Gasteiger charge is 2.41. The Morgan fingerprint density at radius 3 is 2.30 bits per heavy atom. The molecule has 2 aliphatic rings. The zero-order valence-corrected chi connectivity index (χ0v) is 14.0. The first-order valence-electron chi connectivity index (χ1n) is 8.15. The number of hydrogen-bond acceptors (Lipinski definition) is 2. The van der Waals surface area contributed by atoms with Gasteiger partial charge in [-0.05, 0) is 56.4 Å². The molecule has 0 spiro atoms. The Balaban J connectivity index is 1.68. The molecule has 3 rings (SSSR count). The van der Waals surface area contributed by atoms with E-state index < -0.39 is 0 Å². The third kappa shape index (κ3) is 3.78. The molecular formula is C17H22ClN3O2. The van der Waals surface area contributed by atoms with Gasteiger partial charge in [0.2, 0.25) is 5.91 Å². The number of carbonyl (C=O) groups is 2. The lowest BCUT2D eigenvalue weighted by atomic mass is 9.82. The largest absolute Gasteiger partial charge is 0.353 e. The van der Waals surface area contributed by atoms with Crippen LogP contribution in [0.3, 0.4) is 0 Å². The van der Waals surface area contributed by atoms with Gasteiger partial charge in [0.1, 0.15) is 0 Å². The highest BCUT2D eigenvalue weighted by Crippen LogP contribution is 2.34. The average molecular weight is 336 g/mol. The van der Waals surface area contributed by atoms with E-state index in [9.17, 15) is 9.59 Å². The number of halogens is 1. The lowest BCUT2D eigenvalue weighted by Crippen LogP contribution is -2.59. The van der Waals surface area contributed by atoms with E-state index in [0.717, 1.165) is 37.8 Å². The summed E-state index contributed by atoms with van der Waals surface area (Å²) in [5.74, 6) is 0.00661. The van der Waals surface area contributed by atoms with Crippen molar-refractivity contribution >= 4 is 29.2 Å². The van der Waals surface area contributed by atoms with Crippen molar-refractivity contribution in [2.24, 2.45) is 0 Å². The van der Waals surface area contributed by atoms with Gasteiger partial charge in [-0.25, -0.2) is 4.79 Å². The molecule has 0 aliphatic carbocycles. The molecule has 23 heavy (non-hydrogen) atoms. The molecule has 1 aromatic carbocycles. The number of benzene rings is 1. The number of fused-ring (bicyclic) bond motifs is 2. The van der Waals surface area contributed by atoms with E-state index >= 15 is 0 Å². The van der Waals surface area contributed by atoms with Crippen LogP contribution >= 0.6 is 11.6 Å². The highest BCUT2D eigenvalue weighted by molar-refractivity contribution is 6.30. The molecule has 2 heterocycles. The molecule has 2 bridgehead atoms. The third-order valence-corrected chi connectivity index (χ3v) is 4.96. The number of rotatable bonds is 2. The molecule has 5 nitrogen and oxygen atoms in total. The minimum atomic E-state index is -0.0525. The molecule has 3 amide bonds. The van der Waals surface area contributed by atoms with Crippen molar-refractivity contribution in [3.8, 4) is 0 Å². The summed E-state index contributed by atoms with van der Waals surface area (Å²) in [6.45, 7) is 1.55. The Morgan fingerprint density at radius 2 is 1.74 bits per heavy atom. The predicted octanol–water partition coefficient (Wildman–Crippen LogP) is 3.39. The van der Waals surface area contributed by atoms with Gasteiger partial charge in [0.05, 0.1) is 0 Å². The average Bonchev–Trinajstić information content (AvgIpc) is 2.48. The fourth-order valence-corrected chi connectivity index (χ4v) is 3.97. The summed E-state index contributed by atoms with van der Waals surface area (Å²) in [6.07, 6.45) is 4.82. The molecular weight excluding hydrogens is 314 g/mol. The summed E-state index contributed by atoms with van der Waals surface area (Å²) >= 11 is 5.87. The molecule has 2 fully saturated rings. The predicted molar refractivity (Wildman–Crippen MR) is 90.6 cm³/mol. The van der Waals surface area contributed by atoms with Crippen LogP contribution in [0.2, 0.25) is 5.02 Å². The Hall–Kier alpha value is -1.75. The number of anilines is 1. The van der Waals surface area contributed by atoms with Crippen molar-refractivity contribution in [2.45, 2.75) is 57.2 Å². The number of nitrogens with zero attached hydrogens (tertiary/aromatic N) is 1. The summed E-state index contributed by atoms with van der Waals surface area (Å²) < 4.78 is 0. The fourth-order valence-electron chi connectivity index (χ4n) is 3.84. The van der Waals surface area contributed by atoms with Gasteiger partial charge < -0.3 is 15.5 Å². The summed E-state index contributed by atoms with van der Waals surface area (Å²) in [5.41, 5.74) is 0.751. The maximum atomic E-state index is 12.7. The van der Waals surface area contributed by atoms with Crippen molar-refractivity contribution in [1.82, 2.24) is 10.2 Å². The number of piperidine rings is 2. The molecule has 0 unspecified atom stereocenters. The van der Waals surface area contributed by atoms with Crippen molar-refractivity contribution < 1.29 is 9.59 Å².